The molecule has 0 atom stereocenters. The average Bonchev–Trinajstić information content (AvgIpc) is 3.21. The normalized spacial score (nSPS) is 11.6. The van der Waals surface area contributed by atoms with E-state index in [2.05, 4.69) is 115 Å². The number of aromatic nitrogens is 2. The van der Waals surface area contributed by atoms with Crippen molar-refractivity contribution < 1.29 is 0 Å². The summed E-state index contributed by atoms with van der Waals surface area (Å²) in [4.78, 5) is 5.27. The molecule has 0 unspecified atom stereocenters. The molecule has 1 aromatic heterocycles. The van der Waals surface area contributed by atoms with Gasteiger partial charge in [-0.25, -0.2) is 4.98 Å². The van der Waals surface area contributed by atoms with Gasteiger partial charge in [0.2, 0.25) is 0 Å². The van der Waals surface area contributed by atoms with E-state index in [4.69, 9.17) is 4.98 Å². The average molecular weight is 413 g/mol. The Labute approximate surface area is 187 Å². The third-order valence-corrected chi connectivity index (χ3v) is 6.39. The van der Waals surface area contributed by atoms with Gasteiger partial charge in [0, 0.05) is 22.9 Å². The minimum Gasteiger partial charge on any atom is -0.319 e. The Morgan fingerprint density at radius 2 is 1.12 bits per heavy atom. The summed E-state index contributed by atoms with van der Waals surface area (Å²) in [6.07, 6.45) is 0. The van der Waals surface area contributed by atoms with Crippen LogP contribution in [-0.2, 0) is 6.54 Å². The molecular formula is C30H24N2. The topological polar surface area (TPSA) is 17.8 Å². The Morgan fingerprint density at radius 1 is 0.594 bits per heavy atom. The third-order valence-electron chi connectivity index (χ3n) is 6.39. The zero-order valence-corrected chi connectivity index (χ0v) is 18.3. The first-order valence-corrected chi connectivity index (χ1v) is 11.1. The van der Waals surface area contributed by atoms with E-state index in [0.29, 0.717) is 0 Å². The van der Waals surface area contributed by atoms with E-state index in [1.54, 1.807) is 0 Å². The molecule has 5 aromatic carbocycles. The first kappa shape index (κ1) is 18.8. The number of benzene rings is 5. The lowest BCUT2D eigenvalue weighted by molar-refractivity contribution is 0.836. The van der Waals surface area contributed by atoms with Gasteiger partial charge in [0.15, 0.2) is 0 Å². The Kier molecular flexibility index (Phi) is 4.32. The fraction of sp³-hybridized carbons (Fsp3) is 0.100. The summed E-state index contributed by atoms with van der Waals surface area (Å²) in [5.74, 6) is 1.02. The molecule has 0 aliphatic rings. The molecule has 0 N–H and O–H groups in total. The van der Waals surface area contributed by atoms with Crippen LogP contribution in [0.15, 0.2) is 97.1 Å². The fourth-order valence-electron chi connectivity index (χ4n) is 4.72. The Bertz CT molecular complexity index is 1590. The monoisotopic (exact) mass is 412 g/mol. The smallest absolute Gasteiger partial charge is 0.141 e. The summed E-state index contributed by atoms with van der Waals surface area (Å²) in [5, 5.41) is 4.98. The maximum Gasteiger partial charge on any atom is 0.141 e. The molecule has 32 heavy (non-hydrogen) atoms. The second-order valence-corrected chi connectivity index (χ2v) is 8.66. The van der Waals surface area contributed by atoms with E-state index in [9.17, 15) is 0 Å². The highest BCUT2D eigenvalue weighted by Gasteiger charge is 2.18. The molecule has 6 aromatic rings. The van der Waals surface area contributed by atoms with Crippen molar-refractivity contribution in [2.24, 2.45) is 0 Å². The standard InChI is InChI=1S/C30H24N2/c1-20-11-15-22(16-12-20)19-32-29-27-10-6-4-8-25(27)24-7-3-5-9-26(24)28(29)31-30(32)23-17-13-21(2)14-18-23/h3-18H,19H2,1-2H3. The predicted octanol–water partition coefficient (Wildman–Crippen LogP) is 7.67. The number of nitrogens with zero attached hydrogens (tertiary/aromatic N) is 2. The Morgan fingerprint density at radius 3 is 1.78 bits per heavy atom. The summed E-state index contributed by atoms with van der Waals surface area (Å²) in [6, 6.07) is 34.9. The summed E-state index contributed by atoms with van der Waals surface area (Å²) >= 11 is 0. The largest absolute Gasteiger partial charge is 0.319 e. The van der Waals surface area contributed by atoms with Crippen LogP contribution in [0, 0.1) is 13.8 Å². The molecule has 0 aliphatic carbocycles. The van der Waals surface area contributed by atoms with Crippen molar-refractivity contribution in [3.63, 3.8) is 0 Å². The molecular weight excluding hydrogens is 388 g/mol. The van der Waals surface area contributed by atoms with Crippen LogP contribution < -0.4 is 0 Å². The van der Waals surface area contributed by atoms with Crippen LogP contribution >= 0.6 is 0 Å². The van der Waals surface area contributed by atoms with Gasteiger partial charge in [0.25, 0.3) is 0 Å². The molecule has 0 saturated carbocycles. The highest BCUT2D eigenvalue weighted by Crippen LogP contribution is 2.37. The molecule has 2 heteroatoms. The van der Waals surface area contributed by atoms with Crippen molar-refractivity contribution in [3.8, 4) is 11.4 Å². The molecule has 0 bridgehead atoms. The van der Waals surface area contributed by atoms with Gasteiger partial charge in [-0.1, -0.05) is 108 Å². The van der Waals surface area contributed by atoms with E-state index in [-0.39, 0.29) is 0 Å². The molecule has 0 saturated heterocycles. The van der Waals surface area contributed by atoms with E-state index in [1.165, 1.54) is 43.8 Å². The minimum absolute atomic E-state index is 0.780. The van der Waals surface area contributed by atoms with E-state index in [1.807, 2.05) is 0 Å². The van der Waals surface area contributed by atoms with Crippen LogP contribution in [0.1, 0.15) is 16.7 Å². The molecule has 0 fully saturated rings. The minimum atomic E-state index is 0.780. The molecule has 154 valence electrons. The van der Waals surface area contributed by atoms with Crippen LogP contribution in [0.2, 0.25) is 0 Å². The van der Waals surface area contributed by atoms with Gasteiger partial charge in [-0.3, -0.25) is 0 Å². The highest BCUT2D eigenvalue weighted by molar-refractivity contribution is 6.23. The van der Waals surface area contributed by atoms with Crippen LogP contribution in [-0.4, -0.2) is 9.55 Å². The first-order chi connectivity index (χ1) is 15.7. The fourth-order valence-corrected chi connectivity index (χ4v) is 4.72. The quantitative estimate of drug-likeness (QED) is 0.273. The Balaban J connectivity index is 1.74. The molecule has 6 rings (SSSR count). The highest BCUT2D eigenvalue weighted by atomic mass is 15.1. The van der Waals surface area contributed by atoms with Crippen molar-refractivity contribution >= 4 is 32.6 Å². The van der Waals surface area contributed by atoms with Gasteiger partial charge in [0.05, 0.1) is 11.0 Å². The molecule has 2 nitrogen and oxygen atoms in total. The third kappa shape index (κ3) is 2.99. The zero-order chi connectivity index (χ0) is 21.7. The van der Waals surface area contributed by atoms with Crippen LogP contribution in [0.3, 0.4) is 0 Å². The summed E-state index contributed by atoms with van der Waals surface area (Å²) in [5.41, 5.74) is 7.23. The SMILES string of the molecule is Cc1ccc(Cn2c(-c3ccc(C)cc3)nc3c4ccccc4c4ccccc4c32)cc1. The number of hydrogen-bond acceptors (Lipinski definition) is 1. The summed E-state index contributed by atoms with van der Waals surface area (Å²) in [6.45, 7) is 5.04. The van der Waals surface area contributed by atoms with Gasteiger partial charge >= 0.3 is 0 Å². The maximum atomic E-state index is 5.27. The zero-order valence-electron chi connectivity index (χ0n) is 18.3. The molecule has 1 heterocycles. The number of imidazole rings is 1. The van der Waals surface area contributed by atoms with Crippen molar-refractivity contribution in [1.29, 1.82) is 0 Å². The lowest BCUT2D eigenvalue weighted by atomic mass is 10.00. The van der Waals surface area contributed by atoms with Crippen molar-refractivity contribution in [2.75, 3.05) is 0 Å². The summed E-state index contributed by atoms with van der Waals surface area (Å²) < 4.78 is 2.40. The van der Waals surface area contributed by atoms with Crippen LogP contribution in [0.25, 0.3) is 44.0 Å². The maximum absolute atomic E-state index is 5.27. The van der Waals surface area contributed by atoms with Gasteiger partial charge in [-0.2, -0.15) is 0 Å². The second-order valence-electron chi connectivity index (χ2n) is 8.66. The Hall–Kier alpha value is -3.91. The van der Waals surface area contributed by atoms with Crippen LogP contribution in [0.5, 0.6) is 0 Å². The molecule has 0 aliphatic heterocycles. The van der Waals surface area contributed by atoms with E-state index in [0.717, 1.165) is 23.4 Å². The molecule has 0 amide bonds. The molecule has 0 radical (unpaired) electrons. The summed E-state index contributed by atoms with van der Waals surface area (Å²) in [7, 11) is 0. The van der Waals surface area contributed by atoms with E-state index >= 15 is 0 Å². The van der Waals surface area contributed by atoms with Crippen molar-refractivity contribution in [2.45, 2.75) is 20.4 Å². The number of fused-ring (bicyclic) bond motifs is 6. The molecule has 0 spiro atoms. The van der Waals surface area contributed by atoms with Crippen molar-refractivity contribution in [1.82, 2.24) is 9.55 Å². The predicted molar refractivity (Wildman–Crippen MR) is 135 cm³/mol. The van der Waals surface area contributed by atoms with Gasteiger partial charge in [-0.15, -0.1) is 0 Å². The van der Waals surface area contributed by atoms with Gasteiger partial charge < -0.3 is 4.57 Å². The number of aryl methyl sites for hydroxylation is 2. The first-order valence-electron chi connectivity index (χ1n) is 11.1. The number of hydrogen-bond donors (Lipinski definition) is 0. The lowest BCUT2D eigenvalue weighted by Crippen LogP contribution is -2.03. The van der Waals surface area contributed by atoms with Crippen LogP contribution in [0.4, 0.5) is 0 Å². The lowest BCUT2D eigenvalue weighted by Gasteiger charge is -2.13. The van der Waals surface area contributed by atoms with Gasteiger partial charge in [0.1, 0.15) is 5.82 Å². The van der Waals surface area contributed by atoms with Crippen molar-refractivity contribution in [3.05, 3.63) is 114 Å². The van der Waals surface area contributed by atoms with Gasteiger partial charge in [-0.05, 0) is 30.2 Å². The number of rotatable bonds is 3. The van der Waals surface area contributed by atoms with E-state index < -0.39 is 0 Å². The second kappa shape index (κ2) is 7.35.